The minimum atomic E-state index is -0.0729. The lowest BCUT2D eigenvalue weighted by molar-refractivity contribution is -0.118. The van der Waals surface area contributed by atoms with E-state index < -0.39 is 0 Å². The highest BCUT2D eigenvalue weighted by Crippen LogP contribution is 2.25. The molecule has 34 heavy (non-hydrogen) atoms. The van der Waals surface area contributed by atoms with Gasteiger partial charge in [0.2, 0.25) is 5.91 Å². The maximum absolute atomic E-state index is 13.0. The van der Waals surface area contributed by atoms with E-state index >= 15 is 0 Å². The summed E-state index contributed by atoms with van der Waals surface area (Å²) in [4.78, 5) is 39.9. The van der Waals surface area contributed by atoms with Gasteiger partial charge in [0.1, 0.15) is 16.7 Å². The van der Waals surface area contributed by atoms with Crippen LogP contribution < -0.4 is 15.0 Å². The minimum Gasteiger partial charge on any atom is -0.497 e. The molecule has 3 rings (SSSR count). The van der Waals surface area contributed by atoms with Crippen molar-refractivity contribution in [3.8, 4) is 5.75 Å². The molecule has 0 aliphatic carbocycles. The van der Waals surface area contributed by atoms with Gasteiger partial charge in [0, 0.05) is 50.4 Å². The molecule has 1 unspecified atom stereocenters. The Bertz CT molecular complexity index is 991. The Morgan fingerprint density at radius 3 is 2.62 bits per heavy atom. The van der Waals surface area contributed by atoms with Gasteiger partial charge >= 0.3 is 0 Å². The first-order valence-electron chi connectivity index (χ1n) is 11.1. The number of nitrogens with zero attached hydrogens (tertiary/aromatic N) is 5. The molecule has 9 nitrogen and oxygen atoms in total. The topological polar surface area (TPSA) is 90.9 Å². The first-order valence-corrected chi connectivity index (χ1v) is 12.4. The van der Waals surface area contributed by atoms with Crippen molar-refractivity contribution in [2.24, 2.45) is 0 Å². The first kappa shape index (κ1) is 26.1. The molecule has 1 fully saturated rings. The molecule has 1 aromatic carbocycles. The van der Waals surface area contributed by atoms with Gasteiger partial charge in [0.25, 0.3) is 5.91 Å². The SMILES string of the molecule is COc1ccc(C(=O)N2CCN(c3cc(Cl)nc(SCC(=O)NCCN(C)C)n3)CC2C)cc1. The van der Waals surface area contributed by atoms with E-state index in [1.54, 1.807) is 37.4 Å². The van der Waals surface area contributed by atoms with Gasteiger partial charge in [-0.15, -0.1) is 0 Å². The van der Waals surface area contributed by atoms with Crippen LogP contribution in [-0.2, 0) is 4.79 Å². The number of likely N-dealkylation sites (N-methyl/N-ethyl adjacent to an activating group) is 1. The lowest BCUT2D eigenvalue weighted by Gasteiger charge is -2.40. The van der Waals surface area contributed by atoms with Crippen molar-refractivity contribution in [2.45, 2.75) is 18.1 Å². The number of ether oxygens (including phenoxy) is 1. The number of methoxy groups -OCH3 is 1. The molecule has 1 aliphatic heterocycles. The average Bonchev–Trinajstić information content (AvgIpc) is 2.82. The summed E-state index contributed by atoms with van der Waals surface area (Å²) in [5.74, 6) is 1.55. The van der Waals surface area contributed by atoms with Gasteiger partial charge in [-0.1, -0.05) is 23.4 Å². The molecule has 11 heteroatoms. The van der Waals surface area contributed by atoms with Gasteiger partial charge in [-0.2, -0.15) is 0 Å². The van der Waals surface area contributed by atoms with E-state index in [-0.39, 0.29) is 23.6 Å². The quantitative estimate of drug-likeness (QED) is 0.314. The van der Waals surface area contributed by atoms with Crippen LogP contribution in [0.1, 0.15) is 17.3 Å². The molecular formula is C23H31ClN6O3S. The van der Waals surface area contributed by atoms with E-state index in [4.69, 9.17) is 16.3 Å². The molecule has 0 saturated carbocycles. The van der Waals surface area contributed by atoms with E-state index in [0.717, 1.165) is 12.3 Å². The lowest BCUT2D eigenvalue weighted by atomic mass is 10.1. The van der Waals surface area contributed by atoms with Crippen molar-refractivity contribution in [3.63, 3.8) is 0 Å². The molecule has 1 atom stereocenters. The second-order valence-corrected chi connectivity index (χ2v) is 9.63. The van der Waals surface area contributed by atoms with Crippen LogP contribution in [0.2, 0.25) is 5.15 Å². The Morgan fingerprint density at radius 1 is 1.24 bits per heavy atom. The van der Waals surface area contributed by atoms with Crippen molar-refractivity contribution in [3.05, 3.63) is 41.0 Å². The number of aromatic nitrogens is 2. The summed E-state index contributed by atoms with van der Waals surface area (Å²) in [6.07, 6.45) is 0. The third-order valence-electron chi connectivity index (χ3n) is 5.42. The Labute approximate surface area is 209 Å². The summed E-state index contributed by atoms with van der Waals surface area (Å²) in [5, 5.41) is 3.65. The largest absolute Gasteiger partial charge is 0.497 e. The van der Waals surface area contributed by atoms with Crippen LogP contribution in [0.15, 0.2) is 35.5 Å². The Balaban J connectivity index is 1.59. The molecule has 1 aliphatic rings. The first-order chi connectivity index (χ1) is 16.3. The van der Waals surface area contributed by atoms with E-state index in [1.165, 1.54) is 11.8 Å². The van der Waals surface area contributed by atoms with Crippen LogP contribution >= 0.6 is 23.4 Å². The smallest absolute Gasteiger partial charge is 0.254 e. The van der Waals surface area contributed by atoms with Gasteiger partial charge in [0.05, 0.1) is 12.9 Å². The van der Waals surface area contributed by atoms with Crippen LogP contribution in [0.5, 0.6) is 5.75 Å². The fourth-order valence-electron chi connectivity index (χ4n) is 3.58. The predicted molar refractivity (Wildman–Crippen MR) is 135 cm³/mol. The lowest BCUT2D eigenvalue weighted by Crippen LogP contribution is -2.54. The van der Waals surface area contributed by atoms with Crippen molar-refractivity contribution in [1.29, 1.82) is 0 Å². The fraction of sp³-hybridized carbons (Fsp3) is 0.478. The van der Waals surface area contributed by atoms with Gasteiger partial charge in [-0.3, -0.25) is 9.59 Å². The Kier molecular flexibility index (Phi) is 9.37. The van der Waals surface area contributed by atoms with Gasteiger partial charge in [-0.05, 0) is 45.3 Å². The Hall–Kier alpha value is -2.56. The van der Waals surface area contributed by atoms with Gasteiger partial charge < -0.3 is 24.8 Å². The molecule has 0 bridgehead atoms. The number of halogens is 1. The summed E-state index contributed by atoms with van der Waals surface area (Å²) in [5.41, 5.74) is 0.633. The van der Waals surface area contributed by atoms with Crippen molar-refractivity contribution >= 4 is 41.0 Å². The number of amides is 2. The number of anilines is 1. The second kappa shape index (κ2) is 12.2. The highest BCUT2D eigenvalue weighted by molar-refractivity contribution is 7.99. The molecule has 0 spiro atoms. The highest BCUT2D eigenvalue weighted by Gasteiger charge is 2.29. The Morgan fingerprint density at radius 2 is 1.97 bits per heavy atom. The number of hydrogen-bond donors (Lipinski definition) is 1. The van der Waals surface area contributed by atoms with Crippen molar-refractivity contribution in [2.75, 3.05) is 64.6 Å². The molecular weight excluding hydrogens is 476 g/mol. The van der Waals surface area contributed by atoms with Crippen LogP contribution in [-0.4, -0.2) is 97.3 Å². The zero-order valence-corrected chi connectivity index (χ0v) is 21.5. The normalized spacial score (nSPS) is 16.0. The van der Waals surface area contributed by atoms with Crippen molar-refractivity contribution in [1.82, 2.24) is 25.1 Å². The number of piperazine rings is 1. The molecule has 184 valence electrons. The fourth-order valence-corrected chi connectivity index (χ4v) is 4.49. The number of nitrogens with one attached hydrogen (secondary N) is 1. The summed E-state index contributed by atoms with van der Waals surface area (Å²) >= 11 is 7.50. The number of thioether (sulfide) groups is 1. The standard InChI is InChI=1S/C23H31ClN6O3S/c1-16-14-29(11-12-30(16)22(32)17-5-7-18(33-4)8-6-17)20-13-19(24)26-23(27-20)34-15-21(31)25-9-10-28(2)3/h5-8,13,16H,9-12,14-15H2,1-4H3,(H,25,31). The summed E-state index contributed by atoms with van der Waals surface area (Å²) in [6, 6.07) is 8.85. The predicted octanol–water partition coefficient (Wildman–Crippen LogP) is 2.26. The second-order valence-electron chi connectivity index (χ2n) is 8.30. The maximum atomic E-state index is 13.0. The average molecular weight is 507 g/mol. The van der Waals surface area contributed by atoms with Gasteiger partial charge in [0.15, 0.2) is 5.16 Å². The molecule has 2 amide bonds. The van der Waals surface area contributed by atoms with Crippen LogP contribution in [0.3, 0.4) is 0 Å². The van der Waals surface area contributed by atoms with Crippen LogP contribution in [0, 0.1) is 0 Å². The number of carbonyl (C=O) groups excluding carboxylic acids is 2. The number of rotatable bonds is 9. The van der Waals surface area contributed by atoms with Gasteiger partial charge in [-0.25, -0.2) is 9.97 Å². The summed E-state index contributed by atoms with van der Waals surface area (Å²) < 4.78 is 5.17. The summed E-state index contributed by atoms with van der Waals surface area (Å²) in [6.45, 7) is 5.18. The minimum absolute atomic E-state index is 0.00736. The number of benzene rings is 1. The monoisotopic (exact) mass is 506 g/mol. The molecule has 0 radical (unpaired) electrons. The molecule has 1 saturated heterocycles. The zero-order valence-electron chi connectivity index (χ0n) is 20.0. The zero-order chi connectivity index (χ0) is 24.7. The third-order valence-corrected chi connectivity index (χ3v) is 6.46. The summed E-state index contributed by atoms with van der Waals surface area (Å²) in [7, 11) is 5.51. The maximum Gasteiger partial charge on any atom is 0.254 e. The number of carbonyl (C=O) groups is 2. The molecule has 2 aromatic rings. The molecule has 1 N–H and O–H groups in total. The molecule has 1 aromatic heterocycles. The number of hydrogen-bond acceptors (Lipinski definition) is 8. The van der Waals surface area contributed by atoms with E-state index in [0.29, 0.717) is 47.9 Å². The van der Waals surface area contributed by atoms with E-state index in [2.05, 4.69) is 20.2 Å². The van der Waals surface area contributed by atoms with Crippen molar-refractivity contribution < 1.29 is 14.3 Å². The molecule has 2 heterocycles. The van der Waals surface area contributed by atoms with Crippen LogP contribution in [0.4, 0.5) is 5.82 Å². The van der Waals surface area contributed by atoms with E-state index in [1.807, 2.05) is 30.8 Å². The van der Waals surface area contributed by atoms with Crippen LogP contribution in [0.25, 0.3) is 0 Å². The highest BCUT2D eigenvalue weighted by atomic mass is 35.5. The third kappa shape index (κ3) is 7.22. The van der Waals surface area contributed by atoms with E-state index in [9.17, 15) is 9.59 Å².